The smallest absolute Gasteiger partial charge is 0.126 e. The van der Waals surface area contributed by atoms with Crippen LogP contribution in [0.3, 0.4) is 0 Å². The van der Waals surface area contributed by atoms with Gasteiger partial charge in [0.1, 0.15) is 5.75 Å². The zero-order valence-corrected chi connectivity index (χ0v) is 13.8. The van der Waals surface area contributed by atoms with E-state index in [1.165, 1.54) is 16.7 Å². The molecule has 1 aliphatic rings. The van der Waals surface area contributed by atoms with E-state index < -0.39 is 0 Å². The molecule has 1 aromatic rings. The van der Waals surface area contributed by atoms with Gasteiger partial charge in [-0.25, -0.2) is 0 Å². The van der Waals surface area contributed by atoms with Gasteiger partial charge in [0.05, 0.1) is 12.7 Å². The van der Waals surface area contributed by atoms with Gasteiger partial charge in [-0.1, -0.05) is 24.6 Å². The largest absolute Gasteiger partial charge is 0.493 e. The van der Waals surface area contributed by atoms with E-state index >= 15 is 0 Å². The van der Waals surface area contributed by atoms with Crippen LogP contribution in [0.25, 0.3) is 0 Å². The Balaban J connectivity index is 2.10. The van der Waals surface area contributed by atoms with E-state index in [1.807, 2.05) is 6.92 Å². The first-order chi connectivity index (χ1) is 9.97. The Bertz CT molecular complexity index is 471. The van der Waals surface area contributed by atoms with Gasteiger partial charge < -0.3 is 15.2 Å². The van der Waals surface area contributed by atoms with Crippen LogP contribution in [-0.4, -0.2) is 24.4 Å². The summed E-state index contributed by atoms with van der Waals surface area (Å²) in [6, 6.07) is 4.81. The molecule has 3 nitrogen and oxygen atoms in total. The van der Waals surface area contributed by atoms with Crippen LogP contribution in [-0.2, 0) is 0 Å². The first-order valence-corrected chi connectivity index (χ1v) is 8.12. The SMILES string of the molecule is Cc1cc(C)c2c(c1)C(NCC(C)CC(C)O)CCCO2. The molecule has 1 aliphatic heterocycles. The molecule has 2 N–H and O–H groups in total. The lowest BCUT2D eigenvalue weighted by Gasteiger charge is -2.23. The monoisotopic (exact) mass is 291 g/mol. The highest BCUT2D eigenvalue weighted by Crippen LogP contribution is 2.35. The average molecular weight is 291 g/mol. The molecule has 1 aromatic carbocycles. The van der Waals surface area contributed by atoms with Gasteiger partial charge >= 0.3 is 0 Å². The van der Waals surface area contributed by atoms with Crippen molar-refractivity contribution < 1.29 is 9.84 Å². The number of ether oxygens (including phenoxy) is 1. The maximum absolute atomic E-state index is 9.49. The number of hydrogen-bond donors (Lipinski definition) is 2. The summed E-state index contributed by atoms with van der Waals surface area (Å²) in [5.41, 5.74) is 3.82. The second-order valence-electron chi connectivity index (χ2n) is 6.64. The highest BCUT2D eigenvalue weighted by Gasteiger charge is 2.22. The average Bonchev–Trinajstić information content (AvgIpc) is 2.58. The molecule has 0 amide bonds. The summed E-state index contributed by atoms with van der Waals surface area (Å²) in [7, 11) is 0. The van der Waals surface area contributed by atoms with Gasteiger partial charge in [0, 0.05) is 11.6 Å². The highest BCUT2D eigenvalue weighted by atomic mass is 16.5. The number of rotatable bonds is 5. The molecule has 0 saturated heterocycles. The number of benzene rings is 1. The minimum absolute atomic E-state index is 0.226. The number of hydrogen-bond acceptors (Lipinski definition) is 3. The van der Waals surface area contributed by atoms with Gasteiger partial charge in [-0.3, -0.25) is 0 Å². The first-order valence-electron chi connectivity index (χ1n) is 8.12. The van der Waals surface area contributed by atoms with Gasteiger partial charge in [-0.2, -0.15) is 0 Å². The molecule has 3 unspecified atom stereocenters. The van der Waals surface area contributed by atoms with Crippen LogP contribution in [0, 0.1) is 19.8 Å². The number of fused-ring (bicyclic) bond motifs is 1. The van der Waals surface area contributed by atoms with Crippen LogP contribution in [0.1, 0.15) is 55.8 Å². The molecule has 0 aliphatic carbocycles. The molecular weight excluding hydrogens is 262 g/mol. The summed E-state index contributed by atoms with van der Waals surface area (Å²) in [6.45, 7) is 10.1. The molecular formula is C18H29NO2. The standard InChI is InChI=1S/C18H29NO2/c1-12-8-14(3)18-16(10-12)17(6-5-7-21-18)19-11-13(2)9-15(4)20/h8,10,13,15,17,19-20H,5-7,9,11H2,1-4H3. The Morgan fingerprint density at radius 3 is 2.81 bits per heavy atom. The van der Waals surface area contributed by atoms with E-state index in [-0.39, 0.29) is 6.10 Å². The quantitative estimate of drug-likeness (QED) is 0.872. The number of aliphatic hydroxyl groups excluding tert-OH is 1. The van der Waals surface area contributed by atoms with Gasteiger partial charge in [0.25, 0.3) is 0 Å². The summed E-state index contributed by atoms with van der Waals surface area (Å²) in [4.78, 5) is 0. The maximum Gasteiger partial charge on any atom is 0.126 e. The zero-order chi connectivity index (χ0) is 15.4. The van der Waals surface area contributed by atoms with Crippen molar-refractivity contribution in [3.63, 3.8) is 0 Å². The number of aryl methyl sites for hydroxylation is 2. The lowest BCUT2D eigenvalue weighted by molar-refractivity contribution is 0.162. The molecule has 0 spiro atoms. The Morgan fingerprint density at radius 2 is 2.10 bits per heavy atom. The third-order valence-electron chi connectivity index (χ3n) is 4.16. The van der Waals surface area contributed by atoms with Crippen molar-refractivity contribution in [2.75, 3.05) is 13.2 Å². The molecule has 3 atom stereocenters. The van der Waals surface area contributed by atoms with E-state index in [2.05, 4.69) is 38.2 Å². The van der Waals surface area contributed by atoms with E-state index in [0.29, 0.717) is 12.0 Å². The number of aliphatic hydroxyl groups is 1. The van der Waals surface area contributed by atoms with Crippen molar-refractivity contribution in [2.45, 2.75) is 59.1 Å². The minimum atomic E-state index is -0.226. The molecule has 0 bridgehead atoms. The van der Waals surface area contributed by atoms with Crippen molar-refractivity contribution >= 4 is 0 Å². The fraction of sp³-hybridized carbons (Fsp3) is 0.667. The van der Waals surface area contributed by atoms with Crippen LogP contribution < -0.4 is 10.1 Å². The molecule has 21 heavy (non-hydrogen) atoms. The van der Waals surface area contributed by atoms with Crippen molar-refractivity contribution in [1.82, 2.24) is 5.32 Å². The first kappa shape index (κ1) is 16.3. The normalized spacial score (nSPS) is 21.1. The summed E-state index contributed by atoms with van der Waals surface area (Å²) in [5.74, 6) is 1.54. The van der Waals surface area contributed by atoms with Crippen LogP contribution in [0.2, 0.25) is 0 Å². The van der Waals surface area contributed by atoms with E-state index in [9.17, 15) is 5.11 Å². The molecule has 0 saturated carbocycles. The van der Waals surface area contributed by atoms with Crippen LogP contribution in [0.4, 0.5) is 0 Å². The van der Waals surface area contributed by atoms with Crippen LogP contribution in [0.5, 0.6) is 5.75 Å². The van der Waals surface area contributed by atoms with Gasteiger partial charge in [-0.05, 0) is 58.1 Å². The molecule has 118 valence electrons. The topological polar surface area (TPSA) is 41.5 Å². The predicted octanol–water partition coefficient (Wildman–Crippen LogP) is 3.51. The summed E-state index contributed by atoms with van der Waals surface area (Å²) in [6.07, 6.45) is 2.80. The summed E-state index contributed by atoms with van der Waals surface area (Å²) < 4.78 is 5.96. The Labute approximate surface area is 128 Å². The minimum Gasteiger partial charge on any atom is -0.493 e. The molecule has 3 heteroatoms. The van der Waals surface area contributed by atoms with E-state index in [0.717, 1.165) is 38.2 Å². The highest BCUT2D eigenvalue weighted by molar-refractivity contribution is 5.46. The molecule has 1 heterocycles. The lowest BCUT2D eigenvalue weighted by atomic mass is 9.96. The summed E-state index contributed by atoms with van der Waals surface area (Å²) in [5, 5.41) is 13.2. The summed E-state index contributed by atoms with van der Waals surface area (Å²) >= 11 is 0. The van der Waals surface area contributed by atoms with Gasteiger partial charge in [-0.15, -0.1) is 0 Å². The van der Waals surface area contributed by atoms with Crippen molar-refractivity contribution in [2.24, 2.45) is 5.92 Å². The zero-order valence-electron chi connectivity index (χ0n) is 13.8. The number of nitrogens with one attached hydrogen (secondary N) is 1. The van der Waals surface area contributed by atoms with E-state index in [1.54, 1.807) is 0 Å². The van der Waals surface area contributed by atoms with Crippen LogP contribution >= 0.6 is 0 Å². The predicted molar refractivity (Wildman–Crippen MR) is 86.9 cm³/mol. The fourth-order valence-corrected chi connectivity index (χ4v) is 3.28. The van der Waals surface area contributed by atoms with Crippen molar-refractivity contribution in [1.29, 1.82) is 0 Å². The molecule has 0 fully saturated rings. The van der Waals surface area contributed by atoms with Crippen molar-refractivity contribution in [3.8, 4) is 5.75 Å². The Hall–Kier alpha value is -1.06. The Kier molecular flexibility index (Phi) is 5.65. The van der Waals surface area contributed by atoms with E-state index in [4.69, 9.17) is 4.74 Å². The molecule has 0 aromatic heterocycles. The lowest BCUT2D eigenvalue weighted by Crippen LogP contribution is -2.27. The maximum atomic E-state index is 9.49. The third kappa shape index (κ3) is 4.45. The third-order valence-corrected chi connectivity index (χ3v) is 4.16. The van der Waals surface area contributed by atoms with Gasteiger partial charge in [0.15, 0.2) is 0 Å². The molecule has 2 rings (SSSR count). The Morgan fingerprint density at radius 1 is 1.33 bits per heavy atom. The van der Waals surface area contributed by atoms with Crippen molar-refractivity contribution in [3.05, 3.63) is 28.8 Å². The molecule has 0 radical (unpaired) electrons. The van der Waals surface area contributed by atoms with Crippen LogP contribution in [0.15, 0.2) is 12.1 Å². The second kappa shape index (κ2) is 7.28. The van der Waals surface area contributed by atoms with Gasteiger partial charge in [0.2, 0.25) is 0 Å². The second-order valence-corrected chi connectivity index (χ2v) is 6.64. The fourth-order valence-electron chi connectivity index (χ4n) is 3.28.